The van der Waals surface area contributed by atoms with E-state index >= 15 is 0 Å². The van der Waals surface area contributed by atoms with Gasteiger partial charge in [-0.05, 0) is 43.7 Å². The van der Waals surface area contributed by atoms with Crippen LogP contribution in [0.1, 0.15) is 68.5 Å². The lowest BCUT2D eigenvalue weighted by molar-refractivity contribution is 0.0679. The number of fused-ring (bicyclic) bond motifs is 1. The van der Waals surface area contributed by atoms with Crippen molar-refractivity contribution in [2.24, 2.45) is 0 Å². The van der Waals surface area contributed by atoms with Gasteiger partial charge in [0, 0.05) is 18.3 Å². The minimum absolute atomic E-state index is 0.0889. The van der Waals surface area contributed by atoms with Crippen LogP contribution in [0.15, 0.2) is 18.3 Å². The van der Waals surface area contributed by atoms with Crippen LogP contribution in [0.5, 0.6) is 0 Å². The number of hydrogen-bond donors (Lipinski definition) is 1. The summed E-state index contributed by atoms with van der Waals surface area (Å²) in [4.78, 5) is 32.7. The molecular weight excluding hydrogens is 414 g/mol. The first kappa shape index (κ1) is 19.8. The van der Waals surface area contributed by atoms with Crippen LogP contribution >= 0.6 is 11.3 Å². The van der Waals surface area contributed by atoms with Crippen molar-refractivity contribution >= 4 is 28.3 Å². The standard InChI is InChI=1S/C21H23N7O2S/c1-3-15-24-25-21(31-15)23-19(29)17-16(13-6-7-13)18-20(30)27(9-10-28(18)26-17)11-14-12(2)5-4-8-22-14/h4-5,8,13H,3,6-7,9-11H2,1-2H3,(H,23,25,29). The van der Waals surface area contributed by atoms with E-state index < -0.39 is 0 Å². The van der Waals surface area contributed by atoms with Crippen molar-refractivity contribution in [3.05, 3.63) is 51.5 Å². The molecule has 2 amide bonds. The van der Waals surface area contributed by atoms with E-state index in [0.717, 1.165) is 41.1 Å². The molecule has 1 N–H and O–H groups in total. The van der Waals surface area contributed by atoms with Crippen molar-refractivity contribution in [2.75, 3.05) is 11.9 Å². The average Bonchev–Trinajstić information content (AvgIpc) is 3.37. The summed E-state index contributed by atoms with van der Waals surface area (Å²) in [5.41, 5.74) is 3.58. The van der Waals surface area contributed by atoms with Gasteiger partial charge in [-0.25, -0.2) is 0 Å². The molecule has 10 heteroatoms. The molecule has 0 atom stereocenters. The van der Waals surface area contributed by atoms with Crippen molar-refractivity contribution in [1.29, 1.82) is 0 Å². The topological polar surface area (TPSA) is 106 Å². The summed E-state index contributed by atoms with van der Waals surface area (Å²) in [6.45, 7) is 5.53. The van der Waals surface area contributed by atoms with E-state index in [-0.39, 0.29) is 17.7 Å². The summed E-state index contributed by atoms with van der Waals surface area (Å²) in [6, 6.07) is 3.89. The van der Waals surface area contributed by atoms with Crippen LogP contribution in [0.4, 0.5) is 5.13 Å². The third-order valence-corrected chi connectivity index (χ3v) is 6.69. The van der Waals surface area contributed by atoms with Crippen molar-refractivity contribution in [3.8, 4) is 0 Å². The highest BCUT2D eigenvalue weighted by atomic mass is 32.1. The molecule has 1 aliphatic carbocycles. The highest BCUT2D eigenvalue weighted by Gasteiger charge is 2.40. The molecule has 3 aromatic rings. The fourth-order valence-electron chi connectivity index (χ4n) is 3.88. The normalized spacial score (nSPS) is 15.8. The van der Waals surface area contributed by atoms with Gasteiger partial charge >= 0.3 is 0 Å². The van der Waals surface area contributed by atoms with Gasteiger partial charge in [0.15, 0.2) is 5.69 Å². The van der Waals surface area contributed by atoms with E-state index in [1.807, 2.05) is 26.0 Å². The molecule has 160 valence electrons. The molecule has 1 fully saturated rings. The van der Waals surface area contributed by atoms with Gasteiger partial charge in [0.1, 0.15) is 10.7 Å². The number of nitrogens with zero attached hydrogens (tertiary/aromatic N) is 6. The number of aromatic nitrogens is 5. The quantitative estimate of drug-likeness (QED) is 0.636. The zero-order chi connectivity index (χ0) is 21.5. The fourth-order valence-corrected chi connectivity index (χ4v) is 4.55. The molecular formula is C21H23N7O2S. The molecule has 31 heavy (non-hydrogen) atoms. The second-order valence-corrected chi connectivity index (χ2v) is 8.97. The number of hydrogen-bond acceptors (Lipinski definition) is 7. The molecule has 5 rings (SSSR count). The zero-order valence-corrected chi connectivity index (χ0v) is 18.3. The number of rotatable bonds is 6. The minimum Gasteiger partial charge on any atom is -0.330 e. The lowest BCUT2D eigenvalue weighted by Gasteiger charge is -2.28. The first-order valence-corrected chi connectivity index (χ1v) is 11.3. The smallest absolute Gasteiger partial charge is 0.278 e. The Balaban J connectivity index is 1.44. The van der Waals surface area contributed by atoms with Crippen LogP contribution in [0.2, 0.25) is 0 Å². The average molecular weight is 438 g/mol. The molecule has 4 heterocycles. The fraction of sp³-hybridized carbons (Fsp3) is 0.429. The van der Waals surface area contributed by atoms with Gasteiger partial charge < -0.3 is 4.90 Å². The summed E-state index contributed by atoms with van der Waals surface area (Å²) in [5, 5.41) is 16.7. The molecule has 1 saturated carbocycles. The van der Waals surface area contributed by atoms with Gasteiger partial charge in [-0.15, -0.1) is 10.2 Å². The van der Waals surface area contributed by atoms with E-state index in [4.69, 9.17) is 0 Å². The van der Waals surface area contributed by atoms with E-state index in [2.05, 4.69) is 25.6 Å². The number of nitrogens with one attached hydrogen (secondary N) is 1. The number of anilines is 1. The molecule has 0 spiro atoms. The molecule has 1 aliphatic heterocycles. The predicted molar refractivity (Wildman–Crippen MR) is 115 cm³/mol. The van der Waals surface area contributed by atoms with Gasteiger partial charge in [-0.1, -0.05) is 24.3 Å². The number of carbonyl (C=O) groups is 2. The maximum absolute atomic E-state index is 13.4. The monoisotopic (exact) mass is 437 g/mol. The minimum atomic E-state index is -0.331. The van der Waals surface area contributed by atoms with Gasteiger partial charge in [-0.3, -0.25) is 24.6 Å². The summed E-state index contributed by atoms with van der Waals surface area (Å²) < 4.78 is 1.70. The third-order valence-electron chi connectivity index (χ3n) is 5.71. The molecule has 2 aliphatic rings. The second kappa shape index (κ2) is 7.84. The Hall–Kier alpha value is -3.14. The van der Waals surface area contributed by atoms with Crippen LogP contribution in [-0.2, 0) is 19.5 Å². The van der Waals surface area contributed by atoms with Crippen LogP contribution < -0.4 is 5.32 Å². The first-order chi connectivity index (χ1) is 15.0. The Morgan fingerprint density at radius 2 is 2.13 bits per heavy atom. The van der Waals surface area contributed by atoms with Crippen molar-refractivity contribution in [3.63, 3.8) is 0 Å². The first-order valence-electron chi connectivity index (χ1n) is 10.5. The zero-order valence-electron chi connectivity index (χ0n) is 17.5. The van der Waals surface area contributed by atoms with Gasteiger partial charge in [0.2, 0.25) is 5.13 Å². The predicted octanol–water partition coefficient (Wildman–Crippen LogP) is 2.79. The van der Waals surface area contributed by atoms with Crippen LogP contribution in [0, 0.1) is 6.92 Å². The highest BCUT2D eigenvalue weighted by molar-refractivity contribution is 7.15. The summed E-state index contributed by atoms with van der Waals surface area (Å²) in [5.74, 6) is -0.220. The van der Waals surface area contributed by atoms with Crippen LogP contribution in [0.25, 0.3) is 0 Å². The third kappa shape index (κ3) is 3.71. The number of pyridine rings is 1. The molecule has 0 unspecified atom stereocenters. The molecule has 0 aromatic carbocycles. The number of amides is 2. The second-order valence-electron chi connectivity index (χ2n) is 7.91. The Morgan fingerprint density at radius 1 is 1.29 bits per heavy atom. The van der Waals surface area contributed by atoms with Gasteiger partial charge in [-0.2, -0.15) is 5.10 Å². The maximum Gasteiger partial charge on any atom is 0.278 e. The SMILES string of the molecule is CCc1nnc(NC(=O)c2nn3c(c2C2CC2)C(=O)N(Cc2ncccc2C)CC3)s1. The van der Waals surface area contributed by atoms with Gasteiger partial charge in [0.05, 0.1) is 18.8 Å². The molecule has 0 radical (unpaired) electrons. The Labute approximate surface area is 183 Å². The lowest BCUT2D eigenvalue weighted by Crippen LogP contribution is -2.40. The Bertz CT molecular complexity index is 1160. The maximum atomic E-state index is 13.4. The molecule has 0 saturated heterocycles. The van der Waals surface area contributed by atoms with Crippen molar-refractivity contribution in [2.45, 2.75) is 52.1 Å². The van der Waals surface area contributed by atoms with Gasteiger partial charge in [0.25, 0.3) is 11.8 Å². The largest absolute Gasteiger partial charge is 0.330 e. The highest BCUT2D eigenvalue weighted by Crippen LogP contribution is 2.44. The van der Waals surface area contributed by atoms with E-state index in [1.54, 1.807) is 15.8 Å². The van der Waals surface area contributed by atoms with E-state index in [9.17, 15) is 9.59 Å². The lowest BCUT2D eigenvalue weighted by atomic mass is 10.0. The summed E-state index contributed by atoms with van der Waals surface area (Å²) in [6.07, 6.45) is 4.44. The summed E-state index contributed by atoms with van der Waals surface area (Å²) >= 11 is 1.35. The van der Waals surface area contributed by atoms with Crippen molar-refractivity contribution < 1.29 is 9.59 Å². The molecule has 0 bridgehead atoms. The summed E-state index contributed by atoms with van der Waals surface area (Å²) in [7, 11) is 0. The van der Waals surface area contributed by atoms with Crippen LogP contribution in [0.3, 0.4) is 0 Å². The molecule has 9 nitrogen and oxygen atoms in total. The Morgan fingerprint density at radius 3 is 2.84 bits per heavy atom. The Kier molecular flexibility index (Phi) is 5.01. The number of aryl methyl sites for hydroxylation is 2. The molecule has 3 aromatic heterocycles. The van der Waals surface area contributed by atoms with Crippen LogP contribution in [-0.4, -0.2) is 48.2 Å². The van der Waals surface area contributed by atoms with E-state index in [0.29, 0.717) is 36.2 Å². The van der Waals surface area contributed by atoms with Crippen molar-refractivity contribution in [1.82, 2.24) is 29.9 Å². The van der Waals surface area contributed by atoms with E-state index in [1.165, 1.54) is 11.3 Å². The number of carbonyl (C=O) groups excluding carboxylic acids is 2.